The normalized spacial score (nSPS) is 10.9. The van der Waals surface area contributed by atoms with Gasteiger partial charge in [0.25, 0.3) is 0 Å². The van der Waals surface area contributed by atoms with E-state index in [4.69, 9.17) is 9.47 Å². The molecule has 0 aliphatic heterocycles. The Morgan fingerprint density at radius 3 is 1.84 bits per heavy atom. The Labute approximate surface area is 120 Å². The van der Waals surface area contributed by atoms with Gasteiger partial charge in [0.15, 0.2) is 0 Å². The largest absolute Gasteiger partial charge is 0.495 e. The number of rotatable bonds is 2. The van der Waals surface area contributed by atoms with Crippen LogP contribution in [0.25, 0.3) is 21.5 Å². The Bertz CT molecular complexity index is 765. The van der Waals surface area contributed by atoms with E-state index in [0.717, 1.165) is 37.5 Å². The molecule has 0 amide bonds. The molecule has 0 spiro atoms. The fourth-order valence-electron chi connectivity index (χ4n) is 2.51. The van der Waals surface area contributed by atoms with Crippen LogP contribution < -0.4 is 9.47 Å². The molecule has 2 nitrogen and oxygen atoms in total. The van der Waals surface area contributed by atoms with Gasteiger partial charge < -0.3 is 9.47 Å². The highest BCUT2D eigenvalue weighted by molar-refractivity contribution is 9.10. The van der Waals surface area contributed by atoms with E-state index in [1.54, 1.807) is 14.2 Å². The maximum Gasteiger partial charge on any atom is 0.134 e. The molecule has 3 rings (SSSR count). The van der Waals surface area contributed by atoms with Crippen molar-refractivity contribution in [3.05, 3.63) is 46.9 Å². The smallest absolute Gasteiger partial charge is 0.134 e. The predicted octanol–water partition coefficient (Wildman–Crippen LogP) is 4.77. The third kappa shape index (κ3) is 1.85. The molecule has 0 aliphatic rings. The van der Waals surface area contributed by atoms with Gasteiger partial charge in [0.2, 0.25) is 0 Å². The zero-order valence-corrected chi connectivity index (χ0v) is 12.3. The minimum absolute atomic E-state index is 0.882. The lowest BCUT2D eigenvalue weighted by atomic mass is 10.0. The van der Waals surface area contributed by atoms with Crippen LogP contribution in [0.5, 0.6) is 11.5 Å². The van der Waals surface area contributed by atoms with Crippen LogP contribution in [0.2, 0.25) is 0 Å². The summed E-state index contributed by atoms with van der Waals surface area (Å²) in [6, 6.07) is 14.2. The van der Waals surface area contributed by atoms with Crippen LogP contribution in [0, 0.1) is 0 Å². The quantitative estimate of drug-likeness (QED) is 0.634. The topological polar surface area (TPSA) is 18.5 Å². The third-order valence-electron chi connectivity index (χ3n) is 3.30. The Hall–Kier alpha value is -1.74. The van der Waals surface area contributed by atoms with E-state index in [1.165, 1.54) is 0 Å². The van der Waals surface area contributed by atoms with Crippen LogP contribution >= 0.6 is 15.9 Å². The zero-order valence-electron chi connectivity index (χ0n) is 10.7. The van der Waals surface area contributed by atoms with E-state index < -0.39 is 0 Å². The summed E-state index contributed by atoms with van der Waals surface area (Å²) in [7, 11) is 3.41. The number of halogens is 1. The van der Waals surface area contributed by atoms with E-state index in [1.807, 2.05) is 24.3 Å². The van der Waals surface area contributed by atoms with Gasteiger partial charge in [0, 0.05) is 26.0 Å². The molecule has 0 saturated heterocycles. The summed E-state index contributed by atoms with van der Waals surface area (Å²) in [5.41, 5.74) is 0. The van der Waals surface area contributed by atoms with Crippen LogP contribution in [0.3, 0.4) is 0 Å². The number of hydrogen-bond acceptors (Lipinski definition) is 2. The van der Waals surface area contributed by atoms with Crippen molar-refractivity contribution in [3.63, 3.8) is 0 Å². The van der Waals surface area contributed by atoms with Crippen LogP contribution in [-0.2, 0) is 0 Å². The average molecular weight is 317 g/mol. The number of hydrogen-bond donors (Lipinski definition) is 0. The van der Waals surface area contributed by atoms with E-state index in [9.17, 15) is 0 Å². The minimum Gasteiger partial charge on any atom is -0.495 e. The lowest BCUT2D eigenvalue weighted by molar-refractivity contribution is 0.417. The Morgan fingerprint density at radius 1 is 0.737 bits per heavy atom. The first-order chi connectivity index (χ1) is 9.26. The van der Waals surface area contributed by atoms with Gasteiger partial charge in [-0.3, -0.25) is 0 Å². The Kier molecular flexibility index (Phi) is 3.07. The van der Waals surface area contributed by atoms with Crippen molar-refractivity contribution in [2.24, 2.45) is 0 Å². The van der Waals surface area contributed by atoms with E-state index in [-0.39, 0.29) is 0 Å². The number of methoxy groups -OCH3 is 2. The molecule has 0 atom stereocenters. The second kappa shape index (κ2) is 4.74. The molecule has 3 aromatic carbocycles. The summed E-state index contributed by atoms with van der Waals surface area (Å²) in [6.07, 6.45) is 0. The number of ether oxygens (including phenoxy) is 2. The molecule has 0 aromatic heterocycles. The second-order valence-electron chi connectivity index (χ2n) is 4.30. The molecular formula is C16H13BrO2. The van der Waals surface area contributed by atoms with Crippen molar-refractivity contribution in [2.45, 2.75) is 0 Å². The number of fused-ring (bicyclic) bond motifs is 2. The summed E-state index contributed by atoms with van der Waals surface area (Å²) >= 11 is 3.51. The standard InChI is InChI=1S/C16H13BrO2/c1-18-15-11-5-3-4-6-12(11)16(19-2)14-9-10(17)7-8-13(14)15/h3-9H,1-2H3. The fraction of sp³-hybridized carbons (Fsp3) is 0.125. The second-order valence-corrected chi connectivity index (χ2v) is 5.22. The maximum atomic E-state index is 5.62. The molecule has 3 heteroatoms. The van der Waals surface area contributed by atoms with Crippen molar-refractivity contribution in [1.29, 1.82) is 0 Å². The summed E-state index contributed by atoms with van der Waals surface area (Å²) in [6.45, 7) is 0. The molecule has 0 aliphatic carbocycles. The predicted molar refractivity (Wildman–Crippen MR) is 82.3 cm³/mol. The minimum atomic E-state index is 0.882. The van der Waals surface area contributed by atoms with E-state index in [0.29, 0.717) is 0 Å². The summed E-state index contributed by atoms with van der Waals surface area (Å²) in [4.78, 5) is 0. The van der Waals surface area contributed by atoms with Gasteiger partial charge in [-0.05, 0) is 18.2 Å². The molecular weight excluding hydrogens is 304 g/mol. The van der Waals surface area contributed by atoms with Crippen molar-refractivity contribution >= 4 is 37.5 Å². The molecule has 3 aromatic rings. The molecule has 0 unspecified atom stereocenters. The lowest BCUT2D eigenvalue weighted by Crippen LogP contribution is -1.92. The molecule has 0 bridgehead atoms. The maximum absolute atomic E-state index is 5.62. The molecule has 0 fully saturated rings. The van der Waals surface area contributed by atoms with Gasteiger partial charge in [0.05, 0.1) is 14.2 Å². The molecule has 19 heavy (non-hydrogen) atoms. The Balaban J connectivity index is 2.60. The van der Waals surface area contributed by atoms with E-state index >= 15 is 0 Å². The molecule has 96 valence electrons. The summed E-state index contributed by atoms with van der Waals surface area (Å²) < 4.78 is 12.3. The average Bonchev–Trinajstić information content (AvgIpc) is 2.44. The first kappa shape index (κ1) is 12.3. The molecule has 0 saturated carbocycles. The van der Waals surface area contributed by atoms with Crippen LogP contribution in [0.1, 0.15) is 0 Å². The summed E-state index contributed by atoms with van der Waals surface area (Å²) in [5.74, 6) is 1.77. The highest BCUT2D eigenvalue weighted by Crippen LogP contribution is 2.43. The van der Waals surface area contributed by atoms with Gasteiger partial charge in [-0.25, -0.2) is 0 Å². The third-order valence-corrected chi connectivity index (χ3v) is 3.79. The summed E-state index contributed by atoms with van der Waals surface area (Å²) in [5, 5.41) is 4.23. The van der Waals surface area contributed by atoms with Gasteiger partial charge in [-0.2, -0.15) is 0 Å². The van der Waals surface area contributed by atoms with Gasteiger partial charge in [0.1, 0.15) is 11.5 Å². The van der Waals surface area contributed by atoms with Crippen molar-refractivity contribution in [2.75, 3.05) is 14.2 Å². The highest BCUT2D eigenvalue weighted by Gasteiger charge is 2.14. The van der Waals surface area contributed by atoms with Crippen molar-refractivity contribution in [1.82, 2.24) is 0 Å². The van der Waals surface area contributed by atoms with Crippen molar-refractivity contribution in [3.8, 4) is 11.5 Å². The van der Waals surface area contributed by atoms with Crippen molar-refractivity contribution < 1.29 is 9.47 Å². The van der Waals surface area contributed by atoms with Crippen LogP contribution in [-0.4, -0.2) is 14.2 Å². The first-order valence-corrected chi connectivity index (χ1v) is 6.77. The zero-order chi connectivity index (χ0) is 13.4. The van der Waals surface area contributed by atoms with Crippen LogP contribution in [0.4, 0.5) is 0 Å². The number of benzene rings is 3. The van der Waals surface area contributed by atoms with Gasteiger partial charge in [-0.1, -0.05) is 40.2 Å². The van der Waals surface area contributed by atoms with Crippen LogP contribution in [0.15, 0.2) is 46.9 Å². The SMILES string of the molecule is COc1c2ccccc2c(OC)c2cc(Br)ccc12. The van der Waals surface area contributed by atoms with E-state index in [2.05, 4.69) is 34.1 Å². The highest BCUT2D eigenvalue weighted by atomic mass is 79.9. The molecule has 0 N–H and O–H groups in total. The Morgan fingerprint density at radius 2 is 1.26 bits per heavy atom. The fourth-order valence-corrected chi connectivity index (χ4v) is 2.87. The van der Waals surface area contributed by atoms with Gasteiger partial charge in [-0.15, -0.1) is 0 Å². The monoisotopic (exact) mass is 316 g/mol. The first-order valence-electron chi connectivity index (χ1n) is 5.98. The lowest BCUT2D eigenvalue weighted by Gasteiger charge is -2.15. The molecule has 0 heterocycles. The molecule has 0 radical (unpaired) electrons. The van der Waals surface area contributed by atoms with Gasteiger partial charge >= 0.3 is 0 Å².